The summed E-state index contributed by atoms with van der Waals surface area (Å²) in [6, 6.07) is 3.30. The molecule has 1 aliphatic rings. The van der Waals surface area contributed by atoms with Gasteiger partial charge in [-0.2, -0.15) is 21.7 Å². The molecule has 0 unspecified atom stereocenters. The van der Waals surface area contributed by atoms with E-state index in [2.05, 4.69) is 20.3 Å². The fourth-order valence-corrected chi connectivity index (χ4v) is 4.57. The fraction of sp³-hybridized carbons (Fsp3) is 0.375. The summed E-state index contributed by atoms with van der Waals surface area (Å²) in [6.45, 7) is 1.35. The van der Waals surface area contributed by atoms with Crippen LogP contribution in [0.5, 0.6) is 11.8 Å². The van der Waals surface area contributed by atoms with Crippen LogP contribution in [0.25, 0.3) is 0 Å². The van der Waals surface area contributed by atoms with Gasteiger partial charge in [0.25, 0.3) is 10.0 Å². The molecule has 2 aromatic heterocycles. The van der Waals surface area contributed by atoms with Gasteiger partial charge in [-0.25, -0.2) is 22.9 Å². The molecule has 0 atom stereocenters. The molecule has 3 heterocycles. The molecule has 2 amide bonds. The van der Waals surface area contributed by atoms with Crippen molar-refractivity contribution in [3.63, 3.8) is 0 Å². The van der Waals surface area contributed by atoms with Crippen molar-refractivity contribution in [1.29, 1.82) is 0 Å². The highest BCUT2D eigenvalue weighted by molar-refractivity contribution is 7.99. The lowest BCUT2D eigenvalue weighted by atomic mass is 10.4. The van der Waals surface area contributed by atoms with Gasteiger partial charge in [-0.3, -0.25) is 5.32 Å². The van der Waals surface area contributed by atoms with E-state index in [1.54, 1.807) is 11.8 Å². The predicted molar refractivity (Wildman–Crippen MR) is 108 cm³/mol. The van der Waals surface area contributed by atoms with E-state index in [0.29, 0.717) is 18.9 Å². The molecular formula is C16H20N6O5S2. The third-order valence-corrected chi connectivity index (χ3v) is 6.20. The molecule has 0 spiro atoms. The second-order valence-electron chi connectivity index (χ2n) is 5.76. The molecule has 156 valence electrons. The number of pyridine rings is 1. The van der Waals surface area contributed by atoms with E-state index in [-0.39, 0.29) is 22.6 Å². The Kier molecular flexibility index (Phi) is 6.59. The average molecular weight is 441 g/mol. The number of carbonyl (C=O) groups excluding carboxylic acids is 1. The van der Waals surface area contributed by atoms with E-state index in [1.807, 2.05) is 9.62 Å². The number of thioether (sulfide) groups is 1. The largest absolute Gasteiger partial charge is 0.481 e. The lowest BCUT2D eigenvalue weighted by molar-refractivity contribution is 0.256. The standard InChI is InChI=1S/C16H20N6O5S2/c1-26-12-10-13(27-2)19-15(18-12)20-16(23)21-29(24,25)11-4-3-5-17-14(11)22-6-8-28-9-7-22/h3-5,10H,6-9H2,1-2H3,(H2,18,19,20,21,23). The Morgan fingerprint density at radius 1 is 1.17 bits per heavy atom. The molecule has 0 radical (unpaired) electrons. The lowest BCUT2D eigenvalue weighted by Crippen LogP contribution is -2.38. The van der Waals surface area contributed by atoms with Crippen molar-refractivity contribution < 1.29 is 22.7 Å². The number of urea groups is 1. The van der Waals surface area contributed by atoms with Gasteiger partial charge in [0.15, 0.2) is 0 Å². The molecule has 3 rings (SSSR count). The number of anilines is 2. The number of hydrogen-bond donors (Lipinski definition) is 2. The van der Waals surface area contributed by atoms with Crippen LogP contribution in [0.1, 0.15) is 0 Å². The van der Waals surface area contributed by atoms with Crippen LogP contribution in [0, 0.1) is 0 Å². The molecule has 11 nitrogen and oxygen atoms in total. The van der Waals surface area contributed by atoms with Crippen LogP contribution in [-0.2, 0) is 10.0 Å². The number of carbonyl (C=O) groups is 1. The third-order valence-electron chi connectivity index (χ3n) is 3.90. The first kappa shape index (κ1) is 20.9. The van der Waals surface area contributed by atoms with Crippen LogP contribution >= 0.6 is 11.8 Å². The number of rotatable bonds is 6. The summed E-state index contributed by atoms with van der Waals surface area (Å²) in [4.78, 5) is 26.2. The Hall–Kier alpha value is -2.80. The molecule has 2 aromatic rings. The van der Waals surface area contributed by atoms with Crippen LogP contribution < -0.4 is 24.4 Å². The van der Waals surface area contributed by atoms with E-state index in [0.717, 1.165) is 11.5 Å². The third kappa shape index (κ3) is 5.17. The SMILES string of the molecule is COc1cc(OC)nc(NC(=O)NS(=O)(=O)c2cccnc2N2CCSCC2)n1. The predicted octanol–water partition coefficient (Wildman–Crippen LogP) is 0.952. The Bertz CT molecular complexity index is 959. The number of ether oxygens (including phenoxy) is 2. The van der Waals surface area contributed by atoms with E-state index in [9.17, 15) is 13.2 Å². The van der Waals surface area contributed by atoms with Gasteiger partial charge in [-0.05, 0) is 12.1 Å². The molecule has 1 saturated heterocycles. The van der Waals surface area contributed by atoms with Crippen molar-refractivity contribution in [2.24, 2.45) is 0 Å². The van der Waals surface area contributed by atoms with E-state index < -0.39 is 16.1 Å². The highest BCUT2D eigenvalue weighted by atomic mass is 32.2. The number of methoxy groups -OCH3 is 2. The first-order valence-corrected chi connectivity index (χ1v) is 11.2. The molecule has 1 aliphatic heterocycles. The zero-order valence-electron chi connectivity index (χ0n) is 15.8. The van der Waals surface area contributed by atoms with Gasteiger partial charge in [0.2, 0.25) is 17.7 Å². The van der Waals surface area contributed by atoms with Crippen LogP contribution in [0.4, 0.5) is 16.6 Å². The normalized spacial score (nSPS) is 14.2. The minimum Gasteiger partial charge on any atom is -0.481 e. The van der Waals surface area contributed by atoms with E-state index >= 15 is 0 Å². The first-order valence-electron chi connectivity index (χ1n) is 8.51. The second kappa shape index (κ2) is 9.13. The van der Waals surface area contributed by atoms with Crippen LogP contribution in [-0.4, -0.2) is 68.2 Å². The molecule has 0 aliphatic carbocycles. The van der Waals surface area contributed by atoms with Gasteiger partial charge in [0.05, 0.1) is 20.3 Å². The zero-order chi connectivity index (χ0) is 20.9. The molecule has 0 saturated carbocycles. The number of nitrogens with one attached hydrogen (secondary N) is 2. The molecule has 0 bridgehead atoms. The van der Waals surface area contributed by atoms with Gasteiger partial charge < -0.3 is 14.4 Å². The van der Waals surface area contributed by atoms with Crippen molar-refractivity contribution in [3.05, 3.63) is 24.4 Å². The second-order valence-corrected chi connectivity index (χ2v) is 8.64. The Labute approximate surface area is 172 Å². The topological polar surface area (TPSA) is 136 Å². The molecule has 1 fully saturated rings. The van der Waals surface area contributed by atoms with Crippen molar-refractivity contribution >= 4 is 39.6 Å². The van der Waals surface area contributed by atoms with Crippen LogP contribution in [0.15, 0.2) is 29.3 Å². The minimum atomic E-state index is -4.18. The number of sulfonamides is 1. The maximum absolute atomic E-state index is 12.8. The summed E-state index contributed by atoms with van der Waals surface area (Å²) in [5.41, 5.74) is 0. The van der Waals surface area contributed by atoms with Crippen LogP contribution in [0.3, 0.4) is 0 Å². The number of aromatic nitrogens is 3. The lowest BCUT2D eigenvalue weighted by Gasteiger charge is -2.28. The Morgan fingerprint density at radius 3 is 2.45 bits per heavy atom. The highest BCUT2D eigenvalue weighted by Gasteiger charge is 2.26. The smallest absolute Gasteiger partial charge is 0.335 e. The quantitative estimate of drug-likeness (QED) is 0.668. The number of nitrogens with zero attached hydrogens (tertiary/aromatic N) is 4. The van der Waals surface area contributed by atoms with Gasteiger partial charge in [-0.15, -0.1) is 0 Å². The molecule has 2 N–H and O–H groups in total. The average Bonchev–Trinajstić information content (AvgIpc) is 2.73. The number of amides is 2. The summed E-state index contributed by atoms with van der Waals surface area (Å²) < 4.78 is 37.6. The first-order chi connectivity index (χ1) is 13.9. The van der Waals surface area contributed by atoms with Crippen molar-refractivity contribution in [2.45, 2.75) is 4.90 Å². The molecule has 13 heteroatoms. The monoisotopic (exact) mass is 440 g/mol. The Morgan fingerprint density at radius 2 is 1.83 bits per heavy atom. The molecule has 29 heavy (non-hydrogen) atoms. The van der Waals surface area contributed by atoms with Gasteiger partial charge >= 0.3 is 6.03 Å². The van der Waals surface area contributed by atoms with Crippen molar-refractivity contribution in [2.75, 3.05) is 49.0 Å². The summed E-state index contributed by atoms with van der Waals surface area (Å²) in [5, 5.41) is 2.27. The summed E-state index contributed by atoms with van der Waals surface area (Å²) >= 11 is 1.79. The molecular weight excluding hydrogens is 420 g/mol. The van der Waals surface area contributed by atoms with Crippen LogP contribution in [0.2, 0.25) is 0 Å². The van der Waals surface area contributed by atoms with Gasteiger partial charge in [0.1, 0.15) is 10.7 Å². The summed E-state index contributed by atoms with van der Waals surface area (Å²) in [6.07, 6.45) is 1.52. The fourth-order valence-electron chi connectivity index (χ4n) is 2.58. The van der Waals surface area contributed by atoms with E-state index in [4.69, 9.17) is 9.47 Å². The van der Waals surface area contributed by atoms with Crippen molar-refractivity contribution in [3.8, 4) is 11.8 Å². The maximum atomic E-state index is 12.8. The van der Waals surface area contributed by atoms with Gasteiger partial charge in [0, 0.05) is 30.8 Å². The minimum absolute atomic E-state index is 0.0776. The summed E-state index contributed by atoms with van der Waals surface area (Å²) in [5.74, 6) is 2.18. The maximum Gasteiger partial charge on any atom is 0.335 e. The zero-order valence-corrected chi connectivity index (χ0v) is 17.4. The summed E-state index contributed by atoms with van der Waals surface area (Å²) in [7, 11) is -1.41. The van der Waals surface area contributed by atoms with Gasteiger partial charge in [-0.1, -0.05) is 0 Å². The van der Waals surface area contributed by atoms with Crippen molar-refractivity contribution in [1.82, 2.24) is 19.7 Å². The van der Waals surface area contributed by atoms with E-state index in [1.165, 1.54) is 38.6 Å². The Balaban J connectivity index is 1.79. The number of hydrogen-bond acceptors (Lipinski definition) is 10. The molecule has 0 aromatic carbocycles. The highest BCUT2D eigenvalue weighted by Crippen LogP contribution is 2.25.